The van der Waals surface area contributed by atoms with E-state index in [2.05, 4.69) is 18.9 Å². The Morgan fingerprint density at radius 3 is 2.40 bits per heavy atom. The first-order valence-electron chi connectivity index (χ1n) is 4.47. The van der Waals surface area contributed by atoms with Crippen molar-refractivity contribution < 1.29 is 0 Å². The van der Waals surface area contributed by atoms with Gasteiger partial charge in [0.2, 0.25) is 0 Å². The number of piperidine rings is 2. The summed E-state index contributed by atoms with van der Waals surface area (Å²) in [5.74, 6) is 2.03. The highest BCUT2D eigenvalue weighted by Gasteiger charge is 2.35. The van der Waals surface area contributed by atoms with E-state index in [0.717, 1.165) is 17.9 Å². The molecule has 10 heavy (non-hydrogen) atoms. The molecule has 2 saturated heterocycles. The summed E-state index contributed by atoms with van der Waals surface area (Å²) >= 11 is 0. The molecule has 2 heterocycles. The Morgan fingerprint density at radius 1 is 1.30 bits per heavy atom. The van der Waals surface area contributed by atoms with Gasteiger partial charge in [-0.25, -0.2) is 0 Å². The molecule has 0 amide bonds. The third-order valence-corrected chi connectivity index (χ3v) is 3.47. The number of rotatable bonds is 0. The van der Waals surface area contributed by atoms with Crippen molar-refractivity contribution in [2.45, 2.75) is 32.2 Å². The van der Waals surface area contributed by atoms with Crippen LogP contribution in [0.25, 0.3) is 0 Å². The molecule has 3 fully saturated rings. The summed E-state index contributed by atoms with van der Waals surface area (Å²) < 4.78 is 0. The van der Waals surface area contributed by atoms with Gasteiger partial charge in [-0.05, 0) is 38.1 Å². The van der Waals surface area contributed by atoms with Crippen molar-refractivity contribution in [3.63, 3.8) is 0 Å². The quantitative estimate of drug-likeness (QED) is 0.494. The predicted octanol–water partition coefficient (Wildman–Crippen LogP) is 1.74. The van der Waals surface area contributed by atoms with Crippen LogP contribution in [0.1, 0.15) is 26.2 Å². The van der Waals surface area contributed by atoms with Crippen LogP contribution in [-0.2, 0) is 0 Å². The van der Waals surface area contributed by atoms with Crippen LogP contribution in [0.15, 0.2) is 0 Å². The van der Waals surface area contributed by atoms with Crippen LogP contribution in [0.5, 0.6) is 0 Å². The number of hydrogen-bond acceptors (Lipinski definition) is 1. The molecule has 0 N–H and O–H groups in total. The van der Waals surface area contributed by atoms with Gasteiger partial charge in [0.1, 0.15) is 0 Å². The van der Waals surface area contributed by atoms with E-state index >= 15 is 0 Å². The van der Waals surface area contributed by atoms with E-state index in [1.165, 1.54) is 25.8 Å². The lowest BCUT2D eigenvalue weighted by Crippen LogP contribution is -2.49. The van der Waals surface area contributed by atoms with Crippen LogP contribution < -0.4 is 0 Å². The predicted molar refractivity (Wildman–Crippen MR) is 42.9 cm³/mol. The molecule has 58 valence electrons. The van der Waals surface area contributed by atoms with Crippen molar-refractivity contribution in [3.8, 4) is 0 Å². The van der Waals surface area contributed by atoms with E-state index in [-0.39, 0.29) is 0 Å². The Bertz CT molecular complexity index is 117. The third kappa shape index (κ3) is 0.878. The van der Waals surface area contributed by atoms with Gasteiger partial charge in [-0.1, -0.05) is 6.92 Å². The van der Waals surface area contributed by atoms with Gasteiger partial charge >= 0.3 is 0 Å². The van der Waals surface area contributed by atoms with E-state index in [1.807, 2.05) is 0 Å². The number of hydrogen-bond donors (Lipinski definition) is 0. The van der Waals surface area contributed by atoms with Crippen LogP contribution in [0.2, 0.25) is 0 Å². The summed E-state index contributed by atoms with van der Waals surface area (Å²) in [6.07, 6.45) is 4.42. The zero-order valence-corrected chi connectivity index (χ0v) is 7.01. The van der Waals surface area contributed by atoms with Crippen molar-refractivity contribution in [2.24, 2.45) is 11.8 Å². The lowest BCUT2D eigenvalue weighted by molar-refractivity contribution is 0.0310. The number of nitrogens with zero attached hydrogens (tertiary/aromatic N) is 1. The van der Waals surface area contributed by atoms with Crippen LogP contribution in [0, 0.1) is 11.8 Å². The largest absolute Gasteiger partial charge is 0.303 e. The molecule has 0 spiro atoms. The molecule has 0 aromatic carbocycles. The minimum atomic E-state index is 0.931. The molecule has 1 saturated carbocycles. The molecule has 0 radical (unpaired) electrons. The summed E-state index contributed by atoms with van der Waals surface area (Å²) in [5.41, 5.74) is 0. The van der Waals surface area contributed by atoms with Gasteiger partial charge in [-0.2, -0.15) is 0 Å². The third-order valence-electron chi connectivity index (χ3n) is 3.47. The minimum Gasteiger partial charge on any atom is -0.303 e. The summed E-state index contributed by atoms with van der Waals surface area (Å²) in [7, 11) is 2.28. The van der Waals surface area contributed by atoms with Crippen LogP contribution in [0.3, 0.4) is 0 Å². The highest BCUT2D eigenvalue weighted by molar-refractivity contribution is 4.89. The van der Waals surface area contributed by atoms with E-state index in [9.17, 15) is 0 Å². The first-order chi connectivity index (χ1) is 4.77. The number of fused-ring (bicyclic) bond motifs is 3. The molecule has 3 atom stereocenters. The molecule has 3 rings (SSSR count). The van der Waals surface area contributed by atoms with Crippen molar-refractivity contribution in [1.29, 1.82) is 0 Å². The van der Waals surface area contributed by atoms with Crippen LogP contribution in [-0.4, -0.2) is 24.5 Å². The molecule has 1 heteroatoms. The smallest absolute Gasteiger partial charge is 0.00950 e. The maximum absolute atomic E-state index is 2.55. The second kappa shape index (κ2) is 2.23. The molecule has 3 aliphatic rings. The zero-order chi connectivity index (χ0) is 7.14. The Balaban J connectivity index is 2.09. The monoisotopic (exact) mass is 139 g/mol. The van der Waals surface area contributed by atoms with Gasteiger partial charge in [0.15, 0.2) is 0 Å². The van der Waals surface area contributed by atoms with Gasteiger partial charge in [-0.15, -0.1) is 0 Å². The maximum Gasteiger partial charge on any atom is 0.00950 e. The van der Waals surface area contributed by atoms with E-state index < -0.39 is 0 Å². The zero-order valence-electron chi connectivity index (χ0n) is 7.01. The van der Waals surface area contributed by atoms with Crippen molar-refractivity contribution in [1.82, 2.24) is 4.90 Å². The fourth-order valence-corrected chi connectivity index (χ4v) is 2.62. The SMILES string of the molecule is CC1C[C@@H]2CC[C@H]1CN2C. The lowest BCUT2D eigenvalue weighted by atomic mass is 9.73. The van der Waals surface area contributed by atoms with Crippen LogP contribution in [0.4, 0.5) is 0 Å². The molecule has 0 aromatic heterocycles. The molecular weight excluding hydrogens is 122 g/mol. The van der Waals surface area contributed by atoms with Gasteiger partial charge in [-0.3, -0.25) is 0 Å². The standard InChI is InChI=1S/C9H17N/c1-7-5-9-4-3-8(7)6-10(9)2/h7-9H,3-6H2,1-2H3/t7?,8-,9-/m0/s1. The minimum absolute atomic E-state index is 0.931. The van der Waals surface area contributed by atoms with Crippen molar-refractivity contribution in [3.05, 3.63) is 0 Å². The van der Waals surface area contributed by atoms with Crippen molar-refractivity contribution >= 4 is 0 Å². The Morgan fingerprint density at radius 2 is 2.10 bits per heavy atom. The van der Waals surface area contributed by atoms with Crippen LogP contribution >= 0.6 is 0 Å². The molecule has 1 unspecified atom stereocenters. The fourth-order valence-electron chi connectivity index (χ4n) is 2.62. The van der Waals surface area contributed by atoms with Crippen molar-refractivity contribution in [2.75, 3.05) is 13.6 Å². The molecule has 1 nitrogen and oxygen atoms in total. The summed E-state index contributed by atoms with van der Waals surface area (Å²) in [6, 6.07) is 0.931. The fraction of sp³-hybridized carbons (Fsp3) is 1.00. The second-order valence-electron chi connectivity index (χ2n) is 4.14. The van der Waals surface area contributed by atoms with Gasteiger partial charge in [0, 0.05) is 12.6 Å². The normalized spacial score (nSPS) is 48.0. The Hall–Kier alpha value is -0.0400. The summed E-state index contributed by atoms with van der Waals surface area (Å²) in [5, 5.41) is 0. The lowest BCUT2D eigenvalue weighted by Gasteiger charge is -2.47. The first kappa shape index (κ1) is 6.66. The highest BCUT2D eigenvalue weighted by atomic mass is 15.1. The first-order valence-corrected chi connectivity index (χ1v) is 4.47. The highest BCUT2D eigenvalue weighted by Crippen LogP contribution is 2.37. The topological polar surface area (TPSA) is 3.24 Å². The Labute approximate surface area is 63.4 Å². The van der Waals surface area contributed by atoms with E-state index in [0.29, 0.717) is 0 Å². The molecule has 0 aromatic rings. The van der Waals surface area contributed by atoms with Gasteiger partial charge in [0.05, 0.1) is 0 Å². The average molecular weight is 139 g/mol. The second-order valence-corrected chi connectivity index (χ2v) is 4.14. The Kier molecular flexibility index (Phi) is 1.48. The maximum atomic E-state index is 2.55. The van der Waals surface area contributed by atoms with Gasteiger partial charge < -0.3 is 4.90 Å². The average Bonchev–Trinajstić information content (AvgIpc) is 1.91. The summed E-state index contributed by atoms with van der Waals surface area (Å²) in [6.45, 7) is 3.79. The molecule has 2 bridgehead atoms. The molecular formula is C9H17N. The summed E-state index contributed by atoms with van der Waals surface area (Å²) in [4.78, 5) is 2.55. The van der Waals surface area contributed by atoms with Gasteiger partial charge in [0.25, 0.3) is 0 Å². The molecule has 2 aliphatic heterocycles. The van der Waals surface area contributed by atoms with E-state index in [4.69, 9.17) is 0 Å². The van der Waals surface area contributed by atoms with E-state index in [1.54, 1.807) is 0 Å². The molecule has 1 aliphatic carbocycles.